The number of hydrogen-bond acceptors (Lipinski definition) is 8. The lowest BCUT2D eigenvalue weighted by atomic mass is 9.99. The summed E-state index contributed by atoms with van der Waals surface area (Å²) < 4.78 is 10.6. The minimum atomic E-state index is -1.50. The van der Waals surface area contributed by atoms with Gasteiger partial charge in [0, 0.05) is 0 Å². The van der Waals surface area contributed by atoms with Gasteiger partial charge in [0.1, 0.15) is 24.4 Å². The first kappa shape index (κ1) is 29.5. The van der Waals surface area contributed by atoms with Gasteiger partial charge in [0.2, 0.25) is 0 Å². The van der Waals surface area contributed by atoms with Gasteiger partial charge >= 0.3 is 0 Å². The van der Waals surface area contributed by atoms with Gasteiger partial charge in [-0.2, -0.15) is 0 Å². The minimum absolute atomic E-state index is 0.118. The molecule has 1 aliphatic heterocycles. The highest BCUT2D eigenvalue weighted by Crippen LogP contribution is 2.22. The van der Waals surface area contributed by atoms with Crippen LogP contribution in [0.25, 0.3) is 0 Å². The molecule has 0 aromatic carbocycles. The molecule has 0 aromatic rings. The molecule has 0 saturated carbocycles. The van der Waals surface area contributed by atoms with Crippen molar-refractivity contribution < 1.29 is 35.0 Å². The molecule has 0 spiro atoms. The Balaban J connectivity index is 2.10. The monoisotopic (exact) mass is 461 g/mol. The SMILES string of the molecule is CCCCCCCCCCCCC/C=C/[C@@H](O)[C@@H](N)CO[C@@H]1O[C@H](CO)[C@@H](O)[C@H](O)[C@H]1O. The fourth-order valence-electron chi connectivity index (χ4n) is 3.81. The van der Waals surface area contributed by atoms with Crippen LogP contribution < -0.4 is 5.73 Å². The lowest BCUT2D eigenvalue weighted by Crippen LogP contribution is -2.59. The predicted molar refractivity (Wildman–Crippen MR) is 124 cm³/mol. The van der Waals surface area contributed by atoms with Crippen LogP contribution in [0.3, 0.4) is 0 Å². The van der Waals surface area contributed by atoms with Gasteiger partial charge in [0.25, 0.3) is 0 Å². The van der Waals surface area contributed by atoms with Crippen LogP contribution in [0.4, 0.5) is 0 Å². The number of nitrogens with two attached hydrogens (primary N) is 1. The highest BCUT2D eigenvalue weighted by Gasteiger charge is 2.44. The van der Waals surface area contributed by atoms with Crippen LogP contribution in [0.1, 0.15) is 84.0 Å². The molecule has 0 aromatic heterocycles. The maximum absolute atomic E-state index is 10.2. The van der Waals surface area contributed by atoms with Crippen LogP contribution in [0.2, 0.25) is 0 Å². The first-order chi connectivity index (χ1) is 15.4. The lowest BCUT2D eigenvalue weighted by Gasteiger charge is -2.39. The van der Waals surface area contributed by atoms with Crippen LogP contribution in [-0.2, 0) is 9.47 Å². The summed E-state index contributed by atoms with van der Waals surface area (Å²) in [7, 11) is 0. The number of aliphatic hydroxyl groups excluding tert-OH is 5. The van der Waals surface area contributed by atoms with E-state index in [2.05, 4.69) is 6.92 Å². The van der Waals surface area contributed by atoms with Crippen molar-refractivity contribution in [2.24, 2.45) is 5.73 Å². The second-order valence-corrected chi connectivity index (χ2v) is 8.94. The predicted octanol–water partition coefficient (Wildman–Crippen LogP) is 1.75. The van der Waals surface area contributed by atoms with Gasteiger partial charge in [-0.05, 0) is 12.8 Å². The van der Waals surface area contributed by atoms with Crippen molar-refractivity contribution in [1.29, 1.82) is 0 Å². The van der Waals surface area contributed by atoms with Gasteiger partial charge in [0.15, 0.2) is 6.29 Å². The average molecular weight is 462 g/mol. The Morgan fingerprint density at radius 1 is 0.875 bits per heavy atom. The van der Waals surface area contributed by atoms with Gasteiger partial charge in [-0.1, -0.05) is 83.3 Å². The number of aliphatic hydroxyl groups is 5. The molecule has 0 amide bonds. The van der Waals surface area contributed by atoms with E-state index in [1.807, 2.05) is 6.08 Å². The zero-order valence-electron chi connectivity index (χ0n) is 19.7. The van der Waals surface area contributed by atoms with E-state index in [1.54, 1.807) is 6.08 Å². The molecule has 1 heterocycles. The minimum Gasteiger partial charge on any atom is -0.394 e. The topological polar surface area (TPSA) is 146 Å². The molecule has 1 rings (SSSR count). The van der Waals surface area contributed by atoms with Crippen molar-refractivity contribution in [2.45, 2.75) is 127 Å². The molecule has 1 aliphatic rings. The number of unbranched alkanes of at least 4 members (excludes halogenated alkanes) is 11. The molecule has 8 heteroatoms. The molecular weight excluding hydrogens is 414 g/mol. The first-order valence-corrected chi connectivity index (χ1v) is 12.4. The molecule has 0 bridgehead atoms. The van der Waals surface area contributed by atoms with E-state index < -0.39 is 49.5 Å². The second-order valence-electron chi connectivity index (χ2n) is 8.94. The molecule has 7 N–H and O–H groups in total. The summed E-state index contributed by atoms with van der Waals surface area (Å²) in [5, 5.41) is 48.8. The molecule has 8 nitrogen and oxygen atoms in total. The van der Waals surface area contributed by atoms with Crippen LogP contribution >= 0.6 is 0 Å². The van der Waals surface area contributed by atoms with Gasteiger partial charge < -0.3 is 40.7 Å². The Morgan fingerprint density at radius 3 is 2.00 bits per heavy atom. The fraction of sp³-hybridized carbons (Fsp3) is 0.917. The van der Waals surface area contributed by atoms with Crippen LogP contribution in [0, 0.1) is 0 Å². The summed E-state index contributed by atoms with van der Waals surface area (Å²) in [6, 6.07) is -0.740. The highest BCUT2D eigenvalue weighted by molar-refractivity contribution is 4.94. The van der Waals surface area contributed by atoms with E-state index in [4.69, 9.17) is 15.2 Å². The summed E-state index contributed by atoms with van der Waals surface area (Å²) in [5.41, 5.74) is 5.93. The Labute approximate surface area is 193 Å². The van der Waals surface area contributed by atoms with Gasteiger partial charge in [-0.15, -0.1) is 0 Å². The van der Waals surface area contributed by atoms with Gasteiger partial charge in [0.05, 0.1) is 25.4 Å². The largest absolute Gasteiger partial charge is 0.394 e. The van der Waals surface area contributed by atoms with E-state index in [1.165, 1.54) is 64.2 Å². The van der Waals surface area contributed by atoms with Crippen molar-refractivity contribution in [3.63, 3.8) is 0 Å². The molecule has 0 unspecified atom stereocenters. The summed E-state index contributed by atoms with van der Waals surface area (Å²) >= 11 is 0. The Kier molecular flexibility index (Phi) is 16.4. The molecule has 1 saturated heterocycles. The van der Waals surface area contributed by atoms with Crippen molar-refractivity contribution in [2.75, 3.05) is 13.2 Å². The van der Waals surface area contributed by atoms with E-state index in [-0.39, 0.29) is 6.61 Å². The van der Waals surface area contributed by atoms with E-state index >= 15 is 0 Å². The zero-order valence-corrected chi connectivity index (χ0v) is 19.7. The second kappa shape index (κ2) is 17.8. The molecule has 0 aliphatic carbocycles. The number of rotatable bonds is 18. The molecule has 0 radical (unpaired) electrons. The molecule has 7 atom stereocenters. The molecule has 190 valence electrons. The van der Waals surface area contributed by atoms with E-state index in [0.29, 0.717) is 0 Å². The maximum atomic E-state index is 10.2. The number of ether oxygens (including phenoxy) is 2. The number of hydrogen-bond donors (Lipinski definition) is 6. The zero-order chi connectivity index (χ0) is 23.8. The third-order valence-corrected chi connectivity index (χ3v) is 6.05. The lowest BCUT2D eigenvalue weighted by molar-refractivity contribution is -0.302. The average Bonchev–Trinajstić information content (AvgIpc) is 2.79. The van der Waals surface area contributed by atoms with Crippen molar-refractivity contribution in [3.05, 3.63) is 12.2 Å². The molecule has 1 fully saturated rings. The normalized spacial score (nSPS) is 28.3. The summed E-state index contributed by atoms with van der Waals surface area (Å²) in [5.74, 6) is 0. The Hall–Kier alpha value is -0.580. The third kappa shape index (κ3) is 11.5. The van der Waals surface area contributed by atoms with Gasteiger partial charge in [-0.25, -0.2) is 0 Å². The number of allylic oxidation sites excluding steroid dienone is 1. The standard InChI is InChI=1S/C24H47NO7/c1-2-3-4-5-6-7-8-9-10-11-12-13-14-15-19(27)18(25)17-31-24-23(30)22(29)21(28)20(16-26)32-24/h14-15,18-24,26-30H,2-13,16-17,25H2,1H3/b15-14+/t18-,19+,20+,21+,22-,23+,24+/m0/s1. The van der Waals surface area contributed by atoms with Crippen LogP contribution in [0.5, 0.6) is 0 Å². The molecule has 32 heavy (non-hydrogen) atoms. The summed E-state index contributed by atoms with van der Waals surface area (Å²) in [6.45, 7) is 1.60. The Morgan fingerprint density at radius 2 is 1.44 bits per heavy atom. The summed E-state index contributed by atoms with van der Waals surface area (Å²) in [6.07, 6.45) is 11.1. The van der Waals surface area contributed by atoms with E-state index in [9.17, 15) is 25.5 Å². The molecular formula is C24H47NO7. The Bertz CT molecular complexity index is 477. The highest BCUT2D eigenvalue weighted by atomic mass is 16.7. The maximum Gasteiger partial charge on any atom is 0.186 e. The quantitative estimate of drug-likeness (QED) is 0.134. The van der Waals surface area contributed by atoms with E-state index in [0.717, 1.165) is 12.8 Å². The fourth-order valence-corrected chi connectivity index (χ4v) is 3.81. The summed E-state index contributed by atoms with van der Waals surface area (Å²) in [4.78, 5) is 0. The van der Waals surface area contributed by atoms with Crippen LogP contribution in [0.15, 0.2) is 12.2 Å². The van der Waals surface area contributed by atoms with Crippen molar-refractivity contribution in [3.8, 4) is 0 Å². The van der Waals surface area contributed by atoms with Gasteiger partial charge in [-0.3, -0.25) is 0 Å². The third-order valence-electron chi connectivity index (χ3n) is 6.05. The van der Waals surface area contributed by atoms with Crippen molar-refractivity contribution >= 4 is 0 Å². The van der Waals surface area contributed by atoms with Crippen LogP contribution in [-0.4, -0.2) is 81.6 Å². The smallest absolute Gasteiger partial charge is 0.186 e. The van der Waals surface area contributed by atoms with Crippen molar-refractivity contribution in [1.82, 2.24) is 0 Å². The first-order valence-electron chi connectivity index (χ1n) is 12.4.